The number of aryl methyl sites for hydroxylation is 1. The smallest absolute Gasteiger partial charge is 0.306 e. The highest BCUT2D eigenvalue weighted by Gasteiger charge is 2.34. The maximum atomic E-state index is 13.0. The molecule has 1 heterocycles. The minimum Gasteiger partial charge on any atom is -0.481 e. The van der Waals surface area contributed by atoms with Crippen LogP contribution in [0.4, 0.5) is 5.69 Å². The molecule has 0 saturated heterocycles. The number of hydrogen-bond acceptors (Lipinski definition) is 2. The van der Waals surface area contributed by atoms with Crippen molar-refractivity contribution in [2.45, 2.75) is 44.9 Å². The molecule has 118 valence electrons. The van der Waals surface area contributed by atoms with Gasteiger partial charge in [-0.2, -0.15) is 0 Å². The van der Waals surface area contributed by atoms with Crippen LogP contribution in [0.25, 0.3) is 0 Å². The monoisotopic (exact) mass is 301 g/mol. The lowest BCUT2D eigenvalue weighted by atomic mass is 9.80. The van der Waals surface area contributed by atoms with Crippen molar-refractivity contribution in [1.29, 1.82) is 0 Å². The van der Waals surface area contributed by atoms with Gasteiger partial charge in [-0.25, -0.2) is 0 Å². The van der Waals surface area contributed by atoms with Crippen molar-refractivity contribution < 1.29 is 14.7 Å². The number of rotatable bonds is 2. The van der Waals surface area contributed by atoms with Crippen LogP contribution in [0.2, 0.25) is 0 Å². The Balaban J connectivity index is 1.81. The molecule has 1 aromatic carbocycles. The van der Waals surface area contributed by atoms with Crippen molar-refractivity contribution in [3.8, 4) is 0 Å². The topological polar surface area (TPSA) is 57.6 Å². The number of carboxylic acid groups (broad SMARTS) is 1. The Bertz CT molecular complexity index is 569. The molecule has 22 heavy (non-hydrogen) atoms. The number of benzene rings is 1. The highest BCUT2D eigenvalue weighted by molar-refractivity contribution is 5.96. The molecule has 4 heteroatoms. The van der Waals surface area contributed by atoms with Crippen molar-refractivity contribution >= 4 is 17.6 Å². The van der Waals surface area contributed by atoms with Crippen LogP contribution in [0.15, 0.2) is 24.3 Å². The number of carbonyl (C=O) groups is 2. The van der Waals surface area contributed by atoms with Gasteiger partial charge in [0.2, 0.25) is 5.91 Å². The Morgan fingerprint density at radius 3 is 2.64 bits per heavy atom. The van der Waals surface area contributed by atoms with Crippen molar-refractivity contribution in [1.82, 2.24) is 0 Å². The summed E-state index contributed by atoms with van der Waals surface area (Å²) >= 11 is 0. The zero-order valence-electron chi connectivity index (χ0n) is 12.8. The highest BCUT2D eigenvalue weighted by atomic mass is 16.4. The fourth-order valence-corrected chi connectivity index (χ4v) is 3.78. The molecule has 2 aliphatic rings. The second kappa shape index (κ2) is 6.51. The highest BCUT2D eigenvalue weighted by Crippen LogP contribution is 2.34. The van der Waals surface area contributed by atoms with Crippen molar-refractivity contribution in [2.24, 2.45) is 11.8 Å². The number of carbonyl (C=O) groups excluding carboxylic acids is 1. The van der Waals surface area contributed by atoms with Gasteiger partial charge in [-0.3, -0.25) is 9.59 Å². The molecule has 1 saturated carbocycles. The van der Waals surface area contributed by atoms with Gasteiger partial charge >= 0.3 is 5.97 Å². The van der Waals surface area contributed by atoms with Gasteiger partial charge in [0.05, 0.1) is 5.92 Å². The molecule has 1 N–H and O–H groups in total. The number of para-hydroxylation sites is 1. The van der Waals surface area contributed by atoms with Crippen LogP contribution in [0.5, 0.6) is 0 Å². The van der Waals surface area contributed by atoms with E-state index >= 15 is 0 Å². The zero-order chi connectivity index (χ0) is 15.5. The molecule has 3 rings (SSSR count). The van der Waals surface area contributed by atoms with Crippen LogP contribution in [-0.4, -0.2) is 23.5 Å². The summed E-state index contributed by atoms with van der Waals surface area (Å²) in [5, 5.41) is 9.23. The number of carboxylic acids is 1. The third kappa shape index (κ3) is 3.01. The van der Waals surface area contributed by atoms with Crippen molar-refractivity contribution in [3.05, 3.63) is 29.8 Å². The van der Waals surface area contributed by atoms with Gasteiger partial charge in [-0.15, -0.1) is 0 Å². The summed E-state index contributed by atoms with van der Waals surface area (Å²) in [6.07, 6.45) is 5.98. The van der Waals surface area contributed by atoms with E-state index in [0.717, 1.165) is 44.3 Å². The normalized spacial score (nSPS) is 25.2. The minimum absolute atomic E-state index is 0.125. The Kier molecular flexibility index (Phi) is 4.46. The molecule has 0 spiro atoms. The molecule has 2 atom stereocenters. The molecule has 0 bridgehead atoms. The van der Waals surface area contributed by atoms with Crippen LogP contribution >= 0.6 is 0 Å². The van der Waals surface area contributed by atoms with Crippen LogP contribution in [0.1, 0.15) is 44.1 Å². The Hall–Kier alpha value is -1.84. The van der Waals surface area contributed by atoms with E-state index in [4.69, 9.17) is 0 Å². The molecule has 4 nitrogen and oxygen atoms in total. The standard InChI is InChI=1S/C18H23NO3/c20-17(14-8-5-9-15(12-14)18(21)22)19-11-4-3-7-13-6-1-2-10-16(13)19/h1-2,6,10,14-15H,3-5,7-9,11-12H2,(H,21,22). The third-order valence-corrected chi connectivity index (χ3v) is 5.00. The van der Waals surface area contributed by atoms with Gasteiger partial charge in [-0.05, 0) is 50.2 Å². The number of hydrogen-bond donors (Lipinski definition) is 1. The molecule has 0 aromatic heterocycles. The first-order valence-electron chi connectivity index (χ1n) is 8.29. The molecule has 1 amide bonds. The summed E-state index contributed by atoms with van der Waals surface area (Å²) in [5.74, 6) is -1.13. The van der Waals surface area contributed by atoms with E-state index in [-0.39, 0.29) is 17.7 Å². The quantitative estimate of drug-likeness (QED) is 0.912. The summed E-state index contributed by atoms with van der Waals surface area (Å²) in [4.78, 5) is 26.1. The molecule has 1 aromatic rings. The molecule has 1 aliphatic heterocycles. The van der Waals surface area contributed by atoms with E-state index in [2.05, 4.69) is 6.07 Å². The van der Waals surface area contributed by atoms with Gasteiger partial charge in [0.25, 0.3) is 0 Å². The fraction of sp³-hybridized carbons (Fsp3) is 0.556. The third-order valence-electron chi connectivity index (χ3n) is 5.00. The SMILES string of the molecule is O=C(O)C1CCCC(C(=O)N2CCCCc3ccccc32)C1. The first-order valence-corrected chi connectivity index (χ1v) is 8.29. The van der Waals surface area contributed by atoms with Gasteiger partial charge < -0.3 is 10.0 Å². The summed E-state index contributed by atoms with van der Waals surface area (Å²) in [5.41, 5.74) is 2.27. The minimum atomic E-state index is -0.756. The first-order chi connectivity index (χ1) is 10.7. The van der Waals surface area contributed by atoms with Gasteiger partial charge in [0.1, 0.15) is 0 Å². The number of amides is 1. The molecule has 1 aliphatic carbocycles. The lowest BCUT2D eigenvalue weighted by Crippen LogP contribution is -2.39. The molecule has 0 radical (unpaired) electrons. The molecule has 1 fully saturated rings. The van der Waals surface area contributed by atoms with E-state index in [9.17, 15) is 14.7 Å². The summed E-state index contributed by atoms with van der Waals surface area (Å²) in [7, 11) is 0. The van der Waals surface area contributed by atoms with Crippen molar-refractivity contribution in [2.75, 3.05) is 11.4 Å². The maximum absolute atomic E-state index is 13.0. The zero-order valence-corrected chi connectivity index (χ0v) is 12.8. The second-order valence-corrected chi connectivity index (χ2v) is 6.47. The Morgan fingerprint density at radius 2 is 1.82 bits per heavy atom. The predicted molar refractivity (Wildman–Crippen MR) is 84.8 cm³/mol. The van der Waals surface area contributed by atoms with E-state index in [1.807, 2.05) is 23.1 Å². The van der Waals surface area contributed by atoms with E-state index in [0.29, 0.717) is 12.8 Å². The lowest BCUT2D eigenvalue weighted by Gasteiger charge is -2.31. The lowest BCUT2D eigenvalue weighted by molar-refractivity contribution is -0.143. The number of aliphatic carboxylic acids is 1. The second-order valence-electron chi connectivity index (χ2n) is 6.47. The number of anilines is 1. The predicted octanol–water partition coefficient (Wildman–Crippen LogP) is 3.25. The van der Waals surface area contributed by atoms with Gasteiger partial charge in [-0.1, -0.05) is 24.6 Å². The Labute approximate surface area is 131 Å². The summed E-state index contributed by atoms with van der Waals surface area (Å²) in [6.45, 7) is 0.754. The van der Waals surface area contributed by atoms with E-state index in [1.54, 1.807) is 0 Å². The average molecular weight is 301 g/mol. The van der Waals surface area contributed by atoms with Crippen LogP contribution in [-0.2, 0) is 16.0 Å². The molecule has 2 unspecified atom stereocenters. The number of fused-ring (bicyclic) bond motifs is 1. The van der Waals surface area contributed by atoms with Gasteiger partial charge in [0.15, 0.2) is 0 Å². The van der Waals surface area contributed by atoms with Crippen LogP contribution in [0, 0.1) is 11.8 Å². The number of nitrogens with zero attached hydrogens (tertiary/aromatic N) is 1. The molecular weight excluding hydrogens is 278 g/mol. The van der Waals surface area contributed by atoms with E-state index < -0.39 is 5.97 Å². The Morgan fingerprint density at radius 1 is 1.05 bits per heavy atom. The van der Waals surface area contributed by atoms with Gasteiger partial charge in [0, 0.05) is 18.2 Å². The fourth-order valence-electron chi connectivity index (χ4n) is 3.78. The van der Waals surface area contributed by atoms with Crippen molar-refractivity contribution in [3.63, 3.8) is 0 Å². The molecular formula is C18H23NO3. The maximum Gasteiger partial charge on any atom is 0.306 e. The summed E-state index contributed by atoms with van der Waals surface area (Å²) in [6, 6.07) is 8.12. The average Bonchev–Trinajstić information content (AvgIpc) is 2.76. The largest absolute Gasteiger partial charge is 0.481 e. The first kappa shape index (κ1) is 15.1. The van der Waals surface area contributed by atoms with E-state index in [1.165, 1.54) is 5.56 Å². The summed E-state index contributed by atoms with van der Waals surface area (Å²) < 4.78 is 0. The van der Waals surface area contributed by atoms with Crippen LogP contribution < -0.4 is 4.90 Å². The van der Waals surface area contributed by atoms with Crippen LogP contribution in [0.3, 0.4) is 0 Å².